The van der Waals surface area contributed by atoms with Gasteiger partial charge in [-0.1, -0.05) is 23.4 Å². The molecule has 72 valence electrons. The Hall–Kier alpha value is -1.68. The first-order valence-corrected chi connectivity index (χ1v) is 4.30. The van der Waals surface area contributed by atoms with Crippen LogP contribution in [-0.4, -0.2) is 15.2 Å². The molecule has 0 aliphatic heterocycles. The van der Waals surface area contributed by atoms with Crippen molar-refractivity contribution in [3.63, 3.8) is 0 Å². The molecule has 0 amide bonds. The van der Waals surface area contributed by atoms with E-state index in [2.05, 4.69) is 10.1 Å². The summed E-state index contributed by atoms with van der Waals surface area (Å²) in [4.78, 5) is 4.03. The molecular formula is C10H10N2O2. The van der Waals surface area contributed by atoms with Crippen LogP contribution in [0.25, 0.3) is 11.5 Å². The maximum Gasteiger partial charge on any atom is 0.258 e. The van der Waals surface area contributed by atoms with Gasteiger partial charge in [-0.3, -0.25) is 0 Å². The molecule has 14 heavy (non-hydrogen) atoms. The fraction of sp³-hybridized carbons (Fsp3) is 0.200. The largest absolute Gasteiger partial charge is 0.388 e. The lowest BCUT2D eigenvalue weighted by Crippen LogP contribution is -1.86. The first-order valence-electron chi connectivity index (χ1n) is 4.30. The molecule has 4 heteroatoms. The van der Waals surface area contributed by atoms with Gasteiger partial charge in [0.1, 0.15) is 6.61 Å². The zero-order valence-corrected chi connectivity index (χ0v) is 7.77. The van der Waals surface area contributed by atoms with Crippen molar-refractivity contribution in [2.45, 2.75) is 13.5 Å². The summed E-state index contributed by atoms with van der Waals surface area (Å²) < 4.78 is 5.00. The third-order valence-electron chi connectivity index (χ3n) is 1.98. The Bertz CT molecular complexity index is 437. The highest BCUT2D eigenvalue weighted by atomic mass is 16.5. The van der Waals surface area contributed by atoms with Crippen molar-refractivity contribution in [1.82, 2.24) is 10.1 Å². The van der Waals surface area contributed by atoms with E-state index < -0.39 is 0 Å². The van der Waals surface area contributed by atoms with Gasteiger partial charge in [0.25, 0.3) is 5.89 Å². The Kier molecular flexibility index (Phi) is 2.28. The smallest absolute Gasteiger partial charge is 0.258 e. The molecule has 0 unspecified atom stereocenters. The van der Waals surface area contributed by atoms with Crippen molar-refractivity contribution in [2.24, 2.45) is 0 Å². The van der Waals surface area contributed by atoms with Crippen LogP contribution in [0.4, 0.5) is 0 Å². The van der Waals surface area contributed by atoms with Crippen LogP contribution in [0.3, 0.4) is 0 Å². The third-order valence-corrected chi connectivity index (χ3v) is 1.98. The molecule has 2 aromatic rings. The van der Waals surface area contributed by atoms with Crippen LogP contribution in [-0.2, 0) is 6.61 Å². The minimum atomic E-state index is -0.199. The van der Waals surface area contributed by atoms with Crippen LogP contribution in [0.15, 0.2) is 28.8 Å². The van der Waals surface area contributed by atoms with Crippen molar-refractivity contribution >= 4 is 0 Å². The number of aliphatic hydroxyl groups excluding tert-OH is 1. The van der Waals surface area contributed by atoms with Gasteiger partial charge in [0.15, 0.2) is 5.82 Å². The van der Waals surface area contributed by atoms with Crippen LogP contribution in [0.5, 0.6) is 0 Å². The van der Waals surface area contributed by atoms with Gasteiger partial charge in [-0.05, 0) is 18.6 Å². The Morgan fingerprint density at radius 1 is 1.36 bits per heavy atom. The lowest BCUT2D eigenvalue weighted by atomic mass is 10.1. The lowest BCUT2D eigenvalue weighted by molar-refractivity contribution is 0.264. The highest BCUT2D eigenvalue weighted by Crippen LogP contribution is 2.20. The number of aryl methyl sites for hydroxylation is 1. The van der Waals surface area contributed by atoms with Gasteiger partial charge in [0.2, 0.25) is 0 Å². The summed E-state index contributed by atoms with van der Waals surface area (Å²) in [5.74, 6) is 0.760. The predicted octanol–water partition coefficient (Wildman–Crippen LogP) is 1.54. The van der Waals surface area contributed by atoms with Gasteiger partial charge in [-0.2, -0.15) is 4.98 Å². The SMILES string of the molecule is Cc1ccccc1-c1nc(CO)no1. The summed E-state index contributed by atoms with van der Waals surface area (Å²) in [6, 6.07) is 7.73. The second-order valence-corrected chi connectivity index (χ2v) is 2.99. The van der Waals surface area contributed by atoms with E-state index in [1.165, 1.54) is 0 Å². The van der Waals surface area contributed by atoms with Crippen LogP contribution < -0.4 is 0 Å². The number of aromatic nitrogens is 2. The number of nitrogens with zero attached hydrogens (tertiary/aromatic N) is 2. The van der Waals surface area contributed by atoms with Gasteiger partial charge in [0, 0.05) is 5.56 Å². The zero-order valence-electron chi connectivity index (χ0n) is 7.77. The molecule has 0 atom stereocenters. The van der Waals surface area contributed by atoms with E-state index in [1.54, 1.807) is 0 Å². The van der Waals surface area contributed by atoms with Crippen molar-refractivity contribution in [1.29, 1.82) is 0 Å². The van der Waals surface area contributed by atoms with Gasteiger partial charge in [-0.15, -0.1) is 0 Å². The Balaban J connectivity index is 2.44. The van der Waals surface area contributed by atoms with Crippen LogP contribution in [0, 0.1) is 6.92 Å². The van der Waals surface area contributed by atoms with E-state index >= 15 is 0 Å². The van der Waals surface area contributed by atoms with Crippen LogP contribution in [0.1, 0.15) is 11.4 Å². The van der Waals surface area contributed by atoms with Gasteiger partial charge in [-0.25, -0.2) is 0 Å². The number of rotatable bonds is 2. The molecule has 1 aromatic carbocycles. The predicted molar refractivity (Wildman–Crippen MR) is 50.4 cm³/mol. The van der Waals surface area contributed by atoms with Crippen molar-refractivity contribution in [3.8, 4) is 11.5 Å². The van der Waals surface area contributed by atoms with Crippen molar-refractivity contribution < 1.29 is 9.63 Å². The van der Waals surface area contributed by atoms with E-state index in [4.69, 9.17) is 9.63 Å². The average molecular weight is 190 g/mol. The Labute approximate surface area is 81.2 Å². The summed E-state index contributed by atoms with van der Waals surface area (Å²) in [7, 11) is 0. The standard InChI is InChI=1S/C10H10N2O2/c1-7-4-2-3-5-8(7)10-11-9(6-13)12-14-10/h2-5,13H,6H2,1H3. The van der Waals surface area contributed by atoms with Crippen LogP contribution in [0.2, 0.25) is 0 Å². The molecule has 0 fully saturated rings. The third kappa shape index (κ3) is 1.52. The molecule has 0 aliphatic carbocycles. The molecule has 0 spiro atoms. The summed E-state index contributed by atoms with van der Waals surface area (Å²) in [6.45, 7) is 1.77. The molecule has 0 aliphatic rings. The molecule has 0 saturated carbocycles. The number of hydrogen-bond donors (Lipinski definition) is 1. The lowest BCUT2D eigenvalue weighted by Gasteiger charge is -1.97. The van der Waals surface area contributed by atoms with E-state index in [0.29, 0.717) is 11.7 Å². The minimum Gasteiger partial charge on any atom is -0.388 e. The molecule has 1 aromatic heterocycles. The fourth-order valence-corrected chi connectivity index (χ4v) is 1.24. The summed E-state index contributed by atoms with van der Waals surface area (Å²) in [5.41, 5.74) is 1.97. The van der Waals surface area contributed by atoms with Crippen molar-refractivity contribution in [3.05, 3.63) is 35.7 Å². The monoisotopic (exact) mass is 190 g/mol. The molecule has 2 rings (SSSR count). The highest BCUT2D eigenvalue weighted by molar-refractivity contribution is 5.57. The normalized spacial score (nSPS) is 10.4. The van der Waals surface area contributed by atoms with Gasteiger partial charge < -0.3 is 9.63 Å². The van der Waals surface area contributed by atoms with E-state index in [0.717, 1.165) is 11.1 Å². The molecule has 0 saturated heterocycles. The first kappa shape index (κ1) is 8.90. The fourth-order valence-electron chi connectivity index (χ4n) is 1.24. The summed E-state index contributed by atoms with van der Waals surface area (Å²) >= 11 is 0. The summed E-state index contributed by atoms with van der Waals surface area (Å²) in [5, 5.41) is 12.4. The van der Waals surface area contributed by atoms with E-state index in [1.807, 2.05) is 31.2 Å². The first-order chi connectivity index (χ1) is 6.81. The zero-order chi connectivity index (χ0) is 9.97. The van der Waals surface area contributed by atoms with Gasteiger partial charge >= 0.3 is 0 Å². The Morgan fingerprint density at radius 2 is 2.14 bits per heavy atom. The number of hydrogen-bond acceptors (Lipinski definition) is 4. The highest BCUT2D eigenvalue weighted by Gasteiger charge is 2.09. The maximum absolute atomic E-state index is 8.78. The molecule has 1 N–H and O–H groups in total. The number of aliphatic hydroxyl groups is 1. The minimum absolute atomic E-state index is 0.199. The van der Waals surface area contributed by atoms with E-state index in [-0.39, 0.29) is 6.61 Å². The molecule has 1 heterocycles. The molecule has 0 radical (unpaired) electrons. The molecule has 0 bridgehead atoms. The molecule has 4 nitrogen and oxygen atoms in total. The maximum atomic E-state index is 8.78. The van der Waals surface area contributed by atoms with Crippen molar-refractivity contribution in [2.75, 3.05) is 0 Å². The topological polar surface area (TPSA) is 59.2 Å². The van der Waals surface area contributed by atoms with Gasteiger partial charge in [0.05, 0.1) is 0 Å². The van der Waals surface area contributed by atoms with E-state index in [9.17, 15) is 0 Å². The molecular weight excluding hydrogens is 180 g/mol. The second-order valence-electron chi connectivity index (χ2n) is 2.99. The quantitative estimate of drug-likeness (QED) is 0.780. The van der Waals surface area contributed by atoms with Crippen LogP contribution >= 0.6 is 0 Å². The average Bonchev–Trinajstić information content (AvgIpc) is 2.67. The summed E-state index contributed by atoms with van der Waals surface area (Å²) in [6.07, 6.45) is 0. The Morgan fingerprint density at radius 3 is 2.79 bits per heavy atom. The second kappa shape index (κ2) is 3.59. The number of benzene rings is 1.